The first-order valence-corrected chi connectivity index (χ1v) is 6.89. The summed E-state index contributed by atoms with van der Waals surface area (Å²) < 4.78 is 10.7. The van der Waals surface area contributed by atoms with Gasteiger partial charge in [-0.2, -0.15) is 0 Å². The Labute approximate surface area is 141 Å². The van der Waals surface area contributed by atoms with Crippen LogP contribution in [0, 0.1) is 0 Å². The van der Waals surface area contributed by atoms with E-state index in [0.717, 1.165) is 49.8 Å². The number of hydrogen-bond acceptors (Lipinski definition) is 4. The monoisotopic (exact) mass is 338 g/mol. The smallest absolute Gasteiger partial charge is 0.165 e. The summed E-state index contributed by atoms with van der Waals surface area (Å²) in [4.78, 5) is 2.40. The number of benzene rings is 1. The molecule has 0 aliphatic carbocycles. The highest BCUT2D eigenvalue weighted by atomic mass is 35.5. The summed E-state index contributed by atoms with van der Waals surface area (Å²) in [6.45, 7) is 9.41. The first-order valence-electron chi connectivity index (χ1n) is 6.89. The summed E-state index contributed by atoms with van der Waals surface area (Å²) in [6.07, 6.45) is 0. The number of hydrogen-bond donors (Lipinski definition) is 1. The van der Waals surface area contributed by atoms with E-state index < -0.39 is 0 Å². The van der Waals surface area contributed by atoms with E-state index >= 15 is 0 Å². The summed E-state index contributed by atoms with van der Waals surface area (Å²) in [6, 6.07) is 5.97. The molecule has 0 atom stereocenters. The second kappa shape index (κ2) is 13.0. The van der Waals surface area contributed by atoms with Gasteiger partial charge in [0.1, 0.15) is 0 Å². The van der Waals surface area contributed by atoms with Gasteiger partial charge in [-0.25, -0.2) is 0 Å². The van der Waals surface area contributed by atoms with Gasteiger partial charge in [0, 0.05) is 25.2 Å². The van der Waals surface area contributed by atoms with Crippen molar-refractivity contribution in [2.24, 2.45) is 0 Å². The molecular weight excluding hydrogens is 311 g/mol. The third-order valence-electron chi connectivity index (χ3n) is 3.30. The van der Waals surface area contributed by atoms with Gasteiger partial charge in [0.2, 0.25) is 0 Å². The van der Waals surface area contributed by atoms with Crippen LogP contribution in [0.1, 0.15) is 19.4 Å². The number of halogens is 2. The minimum Gasteiger partial charge on any atom is -0.493 e. The molecule has 0 bridgehead atoms. The third kappa shape index (κ3) is 7.23. The van der Waals surface area contributed by atoms with Crippen LogP contribution in [0.15, 0.2) is 18.2 Å². The highest BCUT2D eigenvalue weighted by Gasteiger charge is 2.08. The van der Waals surface area contributed by atoms with Crippen LogP contribution in [0.25, 0.3) is 0 Å². The Bertz CT molecular complexity index is 375. The zero-order valence-electron chi connectivity index (χ0n) is 13.3. The van der Waals surface area contributed by atoms with E-state index in [2.05, 4.69) is 30.1 Å². The average Bonchev–Trinajstić information content (AvgIpc) is 2.46. The molecular formula is C15H28Cl2N2O2. The Balaban J connectivity index is 0. The van der Waals surface area contributed by atoms with Crippen molar-refractivity contribution in [1.82, 2.24) is 10.2 Å². The Morgan fingerprint density at radius 1 is 1.05 bits per heavy atom. The zero-order valence-corrected chi connectivity index (χ0v) is 15.0. The minimum absolute atomic E-state index is 0. The van der Waals surface area contributed by atoms with Gasteiger partial charge >= 0.3 is 0 Å². The first-order chi connectivity index (χ1) is 9.26. The van der Waals surface area contributed by atoms with Gasteiger partial charge in [0.05, 0.1) is 14.2 Å². The lowest BCUT2D eigenvalue weighted by Gasteiger charge is -2.18. The summed E-state index contributed by atoms with van der Waals surface area (Å²) in [7, 11) is 3.34. The van der Waals surface area contributed by atoms with Gasteiger partial charge in [-0.1, -0.05) is 26.0 Å². The standard InChI is InChI=1S/C15H26N2O2.2ClH/c1-5-17(6-2)11-10-16-12-13-8-7-9-14(18-3)15(13)19-4;;/h7-9,16H,5-6,10-12H2,1-4H3;2*1H. The molecule has 21 heavy (non-hydrogen) atoms. The molecule has 0 amide bonds. The molecule has 0 aromatic heterocycles. The molecule has 1 aromatic rings. The molecule has 1 rings (SSSR count). The highest BCUT2D eigenvalue weighted by Crippen LogP contribution is 2.30. The number of likely N-dealkylation sites (N-methyl/N-ethyl adjacent to an activating group) is 1. The summed E-state index contributed by atoms with van der Waals surface area (Å²) in [5, 5.41) is 3.45. The maximum Gasteiger partial charge on any atom is 0.165 e. The van der Waals surface area contributed by atoms with E-state index in [1.807, 2.05) is 12.1 Å². The van der Waals surface area contributed by atoms with Crippen molar-refractivity contribution in [3.63, 3.8) is 0 Å². The van der Waals surface area contributed by atoms with Crippen molar-refractivity contribution in [3.8, 4) is 11.5 Å². The van der Waals surface area contributed by atoms with Crippen molar-refractivity contribution in [3.05, 3.63) is 23.8 Å². The summed E-state index contributed by atoms with van der Waals surface area (Å²) in [5.74, 6) is 1.60. The molecule has 0 heterocycles. The van der Waals surface area contributed by atoms with Crippen molar-refractivity contribution in [2.75, 3.05) is 40.4 Å². The van der Waals surface area contributed by atoms with Crippen molar-refractivity contribution >= 4 is 24.8 Å². The second-order valence-electron chi connectivity index (χ2n) is 4.36. The summed E-state index contributed by atoms with van der Waals surface area (Å²) >= 11 is 0. The van der Waals surface area contributed by atoms with Crippen LogP contribution in [-0.4, -0.2) is 45.3 Å². The van der Waals surface area contributed by atoms with Crippen LogP contribution >= 0.6 is 24.8 Å². The van der Waals surface area contributed by atoms with E-state index in [4.69, 9.17) is 9.47 Å². The number of ether oxygens (including phenoxy) is 2. The molecule has 0 radical (unpaired) electrons. The average molecular weight is 339 g/mol. The Morgan fingerprint density at radius 3 is 2.24 bits per heavy atom. The van der Waals surface area contributed by atoms with Crippen LogP contribution < -0.4 is 14.8 Å². The van der Waals surface area contributed by atoms with Gasteiger partial charge in [-0.05, 0) is 19.2 Å². The zero-order chi connectivity index (χ0) is 14.1. The molecule has 6 heteroatoms. The fourth-order valence-electron chi connectivity index (χ4n) is 2.09. The quantitative estimate of drug-likeness (QED) is 0.702. The topological polar surface area (TPSA) is 33.7 Å². The number of methoxy groups -OCH3 is 2. The molecule has 0 saturated heterocycles. The second-order valence-corrected chi connectivity index (χ2v) is 4.36. The fourth-order valence-corrected chi connectivity index (χ4v) is 2.09. The summed E-state index contributed by atoms with van der Waals surface area (Å²) in [5.41, 5.74) is 1.13. The van der Waals surface area contributed by atoms with Crippen LogP contribution in [0.5, 0.6) is 11.5 Å². The maximum atomic E-state index is 5.41. The molecule has 0 spiro atoms. The van der Waals surface area contributed by atoms with E-state index in [9.17, 15) is 0 Å². The SMILES string of the molecule is CCN(CC)CCNCc1cccc(OC)c1OC.Cl.Cl. The van der Waals surface area contributed by atoms with E-state index in [0.29, 0.717) is 0 Å². The van der Waals surface area contributed by atoms with Gasteiger partial charge < -0.3 is 19.7 Å². The molecule has 0 unspecified atom stereocenters. The number of nitrogens with zero attached hydrogens (tertiary/aromatic N) is 1. The molecule has 0 aliphatic rings. The van der Waals surface area contributed by atoms with E-state index in [-0.39, 0.29) is 24.8 Å². The van der Waals surface area contributed by atoms with Crippen molar-refractivity contribution in [1.29, 1.82) is 0 Å². The van der Waals surface area contributed by atoms with Crippen LogP contribution in [-0.2, 0) is 6.54 Å². The molecule has 1 N–H and O–H groups in total. The predicted octanol–water partition coefficient (Wildman–Crippen LogP) is 2.98. The molecule has 0 saturated carbocycles. The van der Waals surface area contributed by atoms with E-state index in [1.165, 1.54) is 0 Å². The largest absolute Gasteiger partial charge is 0.493 e. The normalized spacial score (nSPS) is 9.76. The maximum absolute atomic E-state index is 5.41. The van der Waals surface area contributed by atoms with Gasteiger partial charge in [0.25, 0.3) is 0 Å². The fraction of sp³-hybridized carbons (Fsp3) is 0.600. The van der Waals surface area contributed by atoms with Crippen LogP contribution in [0.3, 0.4) is 0 Å². The lowest BCUT2D eigenvalue weighted by Crippen LogP contribution is -2.31. The molecule has 0 fully saturated rings. The number of rotatable bonds is 9. The molecule has 124 valence electrons. The third-order valence-corrected chi connectivity index (χ3v) is 3.30. The first kappa shape index (κ1) is 22.6. The Kier molecular flexibility index (Phi) is 14.0. The lowest BCUT2D eigenvalue weighted by molar-refractivity contribution is 0.301. The Hall–Kier alpha value is -0.680. The van der Waals surface area contributed by atoms with Crippen molar-refractivity contribution < 1.29 is 9.47 Å². The molecule has 1 aromatic carbocycles. The number of nitrogens with one attached hydrogen (secondary N) is 1. The Morgan fingerprint density at radius 2 is 1.71 bits per heavy atom. The highest BCUT2D eigenvalue weighted by molar-refractivity contribution is 5.85. The van der Waals surface area contributed by atoms with Crippen LogP contribution in [0.4, 0.5) is 0 Å². The van der Waals surface area contributed by atoms with Crippen molar-refractivity contribution in [2.45, 2.75) is 20.4 Å². The van der Waals surface area contributed by atoms with Crippen LogP contribution in [0.2, 0.25) is 0 Å². The van der Waals surface area contributed by atoms with Gasteiger partial charge in [-0.3, -0.25) is 0 Å². The number of para-hydroxylation sites is 1. The lowest BCUT2D eigenvalue weighted by atomic mass is 10.2. The molecule has 0 aliphatic heterocycles. The van der Waals surface area contributed by atoms with Gasteiger partial charge in [-0.15, -0.1) is 24.8 Å². The predicted molar refractivity (Wildman–Crippen MR) is 93.5 cm³/mol. The minimum atomic E-state index is 0. The molecule has 4 nitrogen and oxygen atoms in total. The van der Waals surface area contributed by atoms with E-state index in [1.54, 1.807) is 14.2 Å². The van der Waals surface area contributed by atoms with Gasteiger partial charge in [0.15, 0.2) is 11.5 Å².